The van der Waals surface area contributed by atoms with Gasteiger partial charge in [0.1, 0.15) is 5.75 Å². The molecule has 12 heavy (non-hydrogen) atoms. The highest BCUT2D eigenvalue weighted by molar-refractivity contribution is 5.88. The third-order valence-corrected chi connectivity index (χ3v) is 1.97. The van der Waals surface area contributed by atoms with Gasteiger partial charge < -0.3 is 9.72 Å². The number of hydrogen-bond acceptors (Lipinski definition) is 2. The Morgan fingerprint density at radius 1 is 1.42 bits per heavy atom. The molecule has 3 heteroatoms. The van der Waals surface area contributed by atoms with Crippen molar-refractivity contribution in [2.24, 2.45) is 0 Å². The zero-order valence-corrected chi connectivity index (χ0v) is 7.09. The van der Waals surface area contributed by atoms with Crippen LogP contribution in [0.15, 0.2) is 18.6 Å². The van der Waals surface area contributed by atoms with Crippen molar-refractivity contribution in [2.75, 3.05) is 7.11 Å². The van der Waals surface area contributed by atoms with E-state index in [1.165, 1.54) is 5.56 Å². The van der Waals surface area contributed by atoms with Crippen molar-refractivity contribution < 1.29 is 4.74 Å². The molecule has 0 saturated heterocycles. The van der Waals surface area contributed by atoms with Crippen LogP contribution in [0.1, 0.15) is 5.56 Å². The quantitative estimate of drug-likeness (QED) is 0.695. The van der Waals surface area contributed by atoms with Crippen LogP contribution in [-0.2, 0) is 0 Å². The largest absolute Gasteiger partial charge is 0.494 e. The average Bonchev–Trinajstić information content (AvgIpc) is 2.48. The molecule has 2 aromatic rings. The SMILES string of the molecule is COc1cncc2[nH]cc(C)c12. The number of H-pyrrole nitrogens is 1. The van der Waals surface area contributed by atoms with E-state index in [4.69, 9.17) is 4.74 Å². The number of fused-ring (bicyclic) bond motifs is 1. The molecule has 0 saturated carbocycles. The fourth-order valence-electron chi connectivity index (χ4n) is 1.37. The predicted octanol–water partition coefficient (Wildman–Crippen LogP) is 1.88. The van der Waals surface area contributed by atoms with E-state index in [-0.39, 0.29) is 0 Å². The molecule has 0 spiro atoms. The summed E-state index contributed by atoms with van der Waals surface area (Å²) in [5.41, 5.74) is 2.20. The van der Waals surface area contributed by atoms with Crippen LogP contribution in [-0.4, -0.2) is 17.1 Å². The van der Waals surface area contributed by atoms with Crippen LogP contribution >= 0.6 is 0 Å². The lowest BCUT2D eigenvalue weighted by Gasteiger charge is -2.00. The minimum atomic E-state index is 0.825. The Balaban J connectivity index is 2.84. The first-order valence-corrected chi connectivity index (χ1v) is 3.78. The van der Waals surface area contributed by atoms with E-state index in [1.807, 2.05) is 13.1 Å². The van der Waals surface area contributed by atoms with Gasteiger partial charge in [0.15, 0.2) is 0 Å². The van der Waals surface area contributed by atoms with Crippen LogP contribution in [0.5, 0.6) is 5.75 Å². The lowest BCUT2D eigenvalue weighted by Crippen LogP contribution is -1.85. The molecule has 62 valence electrons. The Hall–Kier alpha value is -1.51. The topological polar surface area (TPSA) is 37.9 Å². The maximum Gasteiger partial charge on any atom is 0.146 e. The van der Waals surface area contributed by atoms with Crippen molar-refractivity contribution in [1.29, 1.82) is 0 Å². The van der Waals surface area contributed by atoms with Gasteiger partial charge in [0.2, 0.25) is 0 Å². The molecule has 0 aliphatic rings. The number of pyridine rings is 1. The molecule has 0 amide bonds. The van der Waals surface area contributed by atoms with Crippen molar-refractivity contribution in [3.63, 3.8) is 0 Å². The van der Waals surface area contributed by atoms with Crippen LogP contribution in [0, 0.1) is 6.92 Å². The summed E-state index contributed by atoms with van der Waals surface area (Å²) in [7, 11) is 1.66. The molecule has 2 heterocycles. The normalized spacial score (nSPS) is 10.5. The molecule has 0 atom stereocenters. The summed E-state index contributed by atoms with van der Waals surface area (Å²) in [6, 6.07) is 0. The molecular formula is C9H10N2O. The van der Waals surface area contributed by atoms with Crippen molar-refractivity contribution >= 4 is 10.9 Å². The smallest absolute Gasteiger partial charge is 0.146 e. The number of rotatable bonds is 1. The third-order valence-electron chi connectivity index (χ3n) is 1.97. The van der Waals surface area contributed by atoms with Gasteiger partial charge in [-0.25, -0.2) is 0 Å². The first-order chi connectivity index (χ1) is 5.83. The standard InChI is InChI=1S/C9H10N2O/c1-6-3-11-7-4-10-5-8(12-2)9(6)7/h3-5,11H,1-2H3. The Morgan fingerprint density at radius 2 is 2.25 bits per heavy atom. The summed E-state index contributed by atoms with van der Waals surface area (Å²) in [4.78, 5) is 7.16. The molecule has 0 radical (unpaired) electrons. The van der Waals surface area contributed by atoms with E-state index in [2.05, 4.69) is 9.97 Å². The van der Waals surface area contributed by atoms with Gasteiger partial charge in [0, 0.05) is 11.6 Å². The number of nitrogens with zero attached hydrogens (tertiary/aromatic N) is 1. The lowest BCUT2D eigenvalue weighted by molar-refractivity contribution is 0.418. The molecule has 0 fully saturated rings. The second-order valence-electron chi connectivity index (χ2n) is 2.74. The molecule has 2 rings (SSSR count). The Labute approximate surface area is 70.4 Å². The molecular weight excluding hydrogens is 152 g/mol. The number of ether oxygens (including phenoxy) is 1. The molecule has 0 bridgehead atoms. The van der Waals surface area contributed by atoms with E-state index in [1.54, 1.807) is 19.5 Å². The van der Waals surface area contributed by atoms with E-state index in [9.17, 15) is 0 Å². The van der Waals surface area contributed by atoms with Crippen molar-refractivity contribution in [3.8, 4) is 5.75 Å². The summed E-state index contributed by atoms with van der Waals surface area (Å²) in [6.07, 6.45) is 5.48. The van der Waals surface area contributed by atoms with Gasteiger partial charge in [-0.15, -0.1) is 0 Å². The predicted molar refractivity (Wildman–Crippen MR) is 47.4 cm³/mol. The number of methoxy groups -OCH3 is 1. The van der Waals surface area contributed by atoms with E-state index in [0.717, 1.165) is 16.7 Å². The number of aromatic nitrogens is 2. The maximum absolute atomic E-state index is 5.18. The van der Waals surface area contributed by atoms with Crippen LogP contribution in [0.25, 0.3) is 10.9 Å². The van der Waals surface area contributed by atoms with Gasteiger partial charge >= 0.3 is 0 Å². The second kappa shape index (κ2) is 2.52. The Kier molecular flexibility index (Phi) is 1.50. The summed E-state index contributed by atoms with van der Waals surface area (Å²) >= 11 is 0. The summed E-state index contributed by atoms with van der Waals surface area (Å²) in [6.45, 7) is 2.04. The molecule has 0 unspecified atom stereocenters. The highest BCUT2D eigenvalue weighted by Gasteiger charge is 2.04. The molecule has 3 nitrogen and oxygen atoms in total. The van der Waals surface area contributed by atoms with Gasteiger partial charge in [-0.05, 0) is 12.5 Å². The first-order valence-electron chi connectivity index (χ1n) is 3.78. The second-order valence-corrected chi connectivity index (χ2v) is 2.74. The highest BCUT2D eigenvalue weighted by atomic mass is 16.5. The maximum atomic E-state index is 5.18. The fraction of sp³-hybridized carbons (Fsp3) is 0.222. The van der Waals surface area contributed by atoms with Crippen LogP contribution < -0.4 is 4.74 Å². The lowest BCUT2D eigenvalue weighted by atomic mass is 10.2. The first kappa shape index (κ1) is 7.16. The Bertz CT molecular complexity index is 406. The van der Waals surface area contributed by atoms with E-state index in [0.29, 0.717) is 0 Å². The van der Waals surface area contributed by atoms with Crippen molar-refractivity contribution in [3.05, 3.63) is 24.2 Å². The van der Waals surface area contributed by atoms with Gasteiger partial charge in [0.05, 0.1) is 25.0 Å². The Morgan fingerprint density at radius 3 is 3.00 bits per heavy atom. The van der Waals surface area contributed by atoms with Gasteiger partial charge in [-0.1, -0.05) is 0 Å². The third kappa shape index (κ3) is 0.863. The van der Waals surface area contributed by atoms with E-state index < -0.39 is 0 Å². The zero-order valence-electron chi connectivity index (χ0n) is 7.09. The van der Waals surface area contributed by atoms with Gasteiger partial charge in [-0.2, -0.15) is 0 Å². The highest BCUT2D eigenvalue weighted by Crippen LogP contribution is 2.26. The van der Waals surface area contributed by atoms with Crippen molar-refractivity contribution in [1.82, 2.24) is 9.97 Å². The molecule has 0 aromatic carbocycles. The summed E-state index contributed by atoms with van der Waals surface area (Å²) < 4.78 is 5.18. The van der Waals surface area contributed by atoms with Crippen molar-refractivity contribution in [2.45, 2.75) is 6.92 Å². The van der Waals surface area contributed by atoms with Crippen LogP contribution in [0.3, 0.4) is 0 Å². The number of nitrogens with one attached hydrogen (secondary N) is 1. The summed E-state index contributed by atoms with van der Waals surface area (Å²) in [5.74, 6) is 0.825. The molecule has 0 aliphatic heterocycles. The zero-order chi connectivity index (χ0) is 8.55. The number of aryl methyl sites for hydroxylation is 1. The number of aromatic amines is 1. The molecule has 1 N–H and O–H groups in total. The van der Waals surface area contributed by atoms with Crippen LogP contribution in [0.4, 0.5) is 0 Å². The molecule has 0 aliphatic carbocycles. The van der Waals surface area contributed by atoms with Gasteiger partial charge in [0.25, 0.3) is 0 Å². The fourth-order valence-corrected chi connectivity index (χ4v) is 1.37. The average molecular weight is 162 g/mol. The van der Waals surface area contributed by atoms with Crippen LogP contribution in [0.2, 0.25) is 0 Å². The number of hydrogen-bond donors (Lipinski definition) is 1. The molecule has 2 aromatic heterocycles. The minimum Gasteiger partial charge on any atom is -0.494 e. The monoisotopic (exact) mass is 162 g/mol. The van der Waals surface area contributed by atoms with Gasteiger partial charge in [-0.3, -0.25) is 4.98 Å². The minimum absolute atomic E-state index is 0.825. The van der Waals surface area contributed by atoms with E-state index >= 15 is 0 Å². The summed E-state index contributed by atoms with van der Waals surface area (Å²) in [5, 5.41) is 1.12.